The lowest BCUT2D eigenvalue weighted by atomic mass is 10.5. The molecular formula is C7H5F3N2O2. The first kappa shape index (κ1) is 10.4. The molecule has 0 atom stereocenters. The summed E-state index contributed by atoms with van der Waals surface area (Å²) in [6, 6.07) is 1.43. The van der Waals surface area contributed by atoms with Gasteiger partial charge in [-0.25, -0.2) is 14.8 Å². The molecule has 0 aliphatic carbocycles. The van der Waals surface area contributed by atoms with Crippen molar-refractivity contribution in [2.24, 2.45) is 0 Å². The van der Waals surface area contributed by atoms with Crippen molar-refractivity contribution >= 4 is 5.97 Å². The number of ether oxygens (including phenoxy) is 1. The lowest BCUT2D eigenvalue weighted by Crippen LogP contribution is -2.21. The Morgan fingerprint density at radius 3 is 2.43 bits per heavy atom. The Bertz CT molecular complexity index is 312. The number of esters is 1. The van der Waals surface area contributed by atoms with Gasteiger partial charge in [-0.3, -0.25) is 0 Å². The van der Waals surface area contributed by atoms with Crippen molar-refractivity contribution in [3.05, 3.63) is 24.3 Å². The highest BCUT2D eigenvalue weighted by molar-refractivity contribution is 5.84. The summed E-state index contributed by atoms with van der Waals surface area (Å²) in [4.78, 5) is 17.7. The molecule has 0 amide bonds. The number of hydrogen-bond acceptors (Lipinski definition) is 4. The summed E-state index contributed by atoms with van der Waals surface area (Å²) in [5.41, 5.74) is 0. The fourth-order valence-corrected chi connectivity index (χ4v) is 0.616. The Hall–Kier alpha value is -1.66. The molecular weight excluding hydrogens is 201 g/mol. The standard InChI is InChI=1S/C7H5F3N2O2/c8-7(9,10)4-14-6(13)5-11-2-1-3-12-5/h1-3H,4H2. The van der Waals surface area contributed by atoms with Gasteiger partial charge >= 0.3 is 12.1 Å². The Balaban J connectivity index is 2.52. The first-order valence-corrected chi connectivity index (χ1v) is 3.50. The van der Waals surface area contributed by atoms with Crippen molar-refractivity contribution in [1.82, 2.24) is 9.97 Å². The highest BCUT2D eigenvalue weighted by atomic mass is 19.4. The highest BCUT2D eigenvalue weighted by Gasteiger charge is 2.30. The average Bonchev–Trinajstić information content (AvgIpc) is 2.14. The van der Waals surface area contributed by atoms with Crippen LogP contribution in [0.5, 0.6) is 0 Å². The van der Waals surface area contributed by atoms with Crippen LogP contribution in [0.2, 0.25) is 0 Å². The van der Waals surface area contributed by atoms with Gasteiger partial charge in [-0.1, -0.05) is 0 Å². The summed E-state index contributed by atoms with van der Waals surface area (Å²) in [6.45, 7) is -1.63. The number of carbonyl (C=O) groups is 1. The molecule has 1 rings (SSSR count). The average molecular weight is 206 g/mol. The van der Waals surface area contributed by atoms with Crippen LogP contribution in [-0.4, -0.2) is 28.7 Å². The second kappa shape index (κ2) is 4.03. The molecule has 4 nitrogen and oxygen atoms in total. The monoisotopic (exact) mass is 206 g/mol. The van der Waals surface area contributed by atoms with Gasteiger partial charge in [0.25, 0.3) is 0 Å². The minimum Gasteiger partial charge on any atom is -0.450 e. The van der Waals surface area contributed by atoms with Crippen molar-refractivity contribution in [1.29, 1.82) is 0 Å². The molecule has 1 aromatic rings. The van der Waals surface area contributed by atoms with E-state index in [2.05, 4.69) is 14.7 Å². The zero-order valence-corrected chi connectivity index (χ0v) is 6.78. The van der Waals surface area contributed by atoms with Crippen LogP contribution in [0.1, 0.15) is 10.6 Å². The van der Waals surface area contributed by atoms with Gasteiger partial charge in [-0.15, -0.1) is 0 Å². The van der Waals surface area contributed by atoms with Gasteiger partial charge in [0.05, 0.1) is 0 Å². The summed E-state index contributed by atoms with van der Waals surface area (Å²) < 4.78 is 38.7. The van der Waals surface area contributed by atoms with Crippen LogP contribution in [0, 0.1) is 0 Å². The molecule has 1 aromatic heterocycles. The van der Waals surface area contributed by atoms with Gasteiger partial charge in [0.15, 0.2) is 6.61 Å². The molecule has 0 spiro atoms. The molecule has 0 saturated carbocycles. The highest BCUT2D eigenvalue weighted by Crippen LogP contribution is 2.14. The van der Waals surface area contributed by atoms with Gasteiger partial charge in [-0.2, -0.15) is 13.2 Å². The normalized spacial score (nSPS) is 11.1. The Kier molecular flexibility index (Phi) is 3.00. The van der Waals surface area contributed by atoms with E-state index in [0.29, 0.717) is 0 Å². The van der Waals surface area contributed by atoms with Crippen LogP contribution in [0.25, 0.3) is 0 Å². The summed E-state index contributed by atoms with van der Waals surface area (Å²) in [5.74, 6) is -1.58. The van der Waals surface area contributed by atoms with E-state index in [-0.39, 0.29) is 0 Å². The molecule has 1 heterocycles. The fraction of sp³-hybridized carbons (Fsp3) is 0.286. The number of aromatic nitrogens is 2. The molecule has 0 radical (unpaired) electrons. The molecule has 0 unspecified atom stereocenters. The number of halogens is 3. The second-order valence-electron chi connectivity index (χ2n) is 2.26. The van der Waals surface area contributed by atoms with Gasteiger partial charge < -0.3 is 4.74 Å². The van der Waals surface area contributed by atoms with E-state index in [1.807, 2.05) is 0 Å². The van der Waals surface area contributed by atoms with Crippen LogP contribution in [-0.2, 0) is 4.74 Å². The quantitative estimate of drug-likeness (QED) is 0.682. The number of hydrogen-bond donors (Lipinski definition) is 0. The molecule has 0 aromatic carbocycles. The SMILES string of the molecule is O=C(OCC(F)(F)F)c1ncccn1. The Morgan fingerprint density at radius 2 is 1.93 bits per heavy atom. The van der Waals surface area contributed by atoms with E-state index in [4.69, 9.17) is 0 Å². The molecule has 7 heteroatoms. The predicted octanol–water partition coefficient (Wildman–Crippen LogP) is 1.20. The van der Waals surface area contributed by atoms with Crippen molar-refractivity contribution in [3.63, 3.8) is 0 Å². The summed E-state index contributed by atoms with van der Waals surface area (Å²) >= 11 is 0. The topological polar surface area (TPSA) is 52.1 Å². The zero-order chi connectivity index (χ0) is 10.6. The maximum absolute atomic E-state index is 11.6. The maximum atomic E-state index is 11.6. The fourth-order valence-electron chi connectivity index (χ4n) is 0.616. The van der Waals surface area contributed by atoms with Crippen molar-refractivity contribution in [3.8, 4) is 0 Å². The van der Waals surface area contributed by atoms with E-state index >= 15 is 0 Å². The van der Waals surface area contributed by atoms with Crippen LogP contribution < -0.4 is 0 Å². The van der Waals surface area contributed by atoms with E-state index in [1.165, 1.54) is 18.5 Å². The summed E-state index contributed by atoms with van der Waals surface area (Å²) in [7, 11) is 0. The van der Waals surface area contributed by atoms with Gasteiger partial charge in [0.1, 0.15) is 0 Å². The van der Waals surface area contributed by atoms with Gasteiger partial charge in [-0.05, 0) is 6.07 Å². The lowest BCUT2D eigenvalue weighted by Gasteiger charge is -2.06. The minimum absolute atomic E-state index is 0.392. The summed E-state index contributed by atoms with van der Waals surface area (Å²) in [6.07, 6.45) is -2.07. The second-order valence-corrected chi connectivity index (χ2v) is 2.26. The van der Waals surface area contributed by atoms with Crippen molar-refractivity contribution in [2.45, 2.75) is 6.18 Å². The van der Waals surface area contributed by atoms with Crippen LogP contribution >= 0.6 is 0 Å². The molecule has 0 fully saturated rings. The van der Waals surface area contributed by atoms with Gasteiger partial charge in [0, 0.05) is 12.4 Å². The molecule has 76 valence electrons. The lowest BCUT2D eigenvalue weighted by molar-refractivity contribution is -0.161. The zero-order valence-electron chi connectivity index (χ0n) is 6.78. The third kappa shape index (κ3) is 3.38. The van der Waals surface area contributed by atoms with E-state index in [9.17, 15) is 18.0 Å². The minimum atomic E-state index is -4.54. The number of nitrogens with zero attached hydrogens (tertiary/aromatic N) is 2. The Morgan fingerprint density at radius 1 is 1.36 bits per heavy atom. The molecule has 0 saturated heterocycles. The van der Waals surface area contributed by atoms with Crippen LogP contribution in [0.15, 0.2) is 18.5 Å². The number of carbonyl (C=O) groups excluding carboxylic acids is 1. The summed E-state index contributed by atoms with van der Waals surface area (Å²) in [5, 5.41) is 0. The van der Waals surface area contributed by atoms with Gasteiger partial charge in [0.2, 0.25) is 5.82 Å². The Labute approximate surface area is 76.7 Å². The molecule has 14 heavy (non-hydrogen) atoms. The first-order chi connectivity index (χ1) is 6.49. The van der Waals surface area contributed by atoms with Crippen molar-refractivity contribution in [2.75, 3.05) is 6.61 Å². The number of alkyl halides is 3. The third-order valence-corrected chi connectivity index (χ3v) is 1.12. The van der Waals surface area contributed by atoms with Crippen molar-refractivity contribution < 1.29 is 22.7 Å². The van der Waals surface area contributed by atoms with E-state index in [0.717, 1.165) is 0 Å². The predicted molar refractivity (Wildman–Crippen MR) is 38.4 cm³/mol. The smallest absolute Gasteiger partial charge is 0.422 e. The largest absolute Gasteiger partial charge is 0.450 e. The molecule has 0 N–H and O–H groups in total. The van der Waals surface area contributed by atoms with E-state index < -0.39 is 24.6 Å². The number of rotatable bonds is 2. The third-order valence-electron chi connectivity index (χ3n) is 1.12. The van der Waals surface area contributed by atoms with E-state index in [1.54, 1.807) is 0 Å². The molecule has 0 bridgehead atoms. The van der Waals surface area contributed by atoms with Crippen LogP contribution in [0.4, 0.5) is 13.2 Å². The molecule has 0 aliphatic heterocycles. The first-order valence-electron chi connectivity index (χ1n) is 3.50. The van der Waals surface area contributed by atoms with Crippen LogP contribution in [0.3, 0.4) is 0 Å². The maximum Gasteiger partial charge on any atom is 0.422 e. The molecule has 0 aliphatic rings.